The molecule has 1 aromatic carbocycles. The van der Waals surface area contributed by atoms with E-state index < -0.39 is 0 Å². The molecule has 0 bridgehead atoms. The molecule has 5 nitrogen and oxygen atoms in total. The first-order valence-electron chi connectivity index (χ1n) is 9.47. The fourth-order valence-corrected chi connectivity index (χ4v) is 3.37. The summed E-state index contributed by atoms with van der Waals surface area (Å²) < 4.78 is 11.0. The summed E-state index contributed by atoms with van der Waals surface area (Å²) in [6.45, 7) is 5.98. The summed E-state index contributed by atoms with van der Waals surface area (Å²) in [7, 11) is 1.78. The number of hydrogen-bond donors (Lipinski definition) is 2. The molecular formula is C20H34IN3O2. The number of nitrogens with one attached hydrogen (secondary N) is 2. The van der Waals surface area contributed by atoms with E-state index in [0.717, 1.165) is 44.4 Å². The SMILES string of the molecule is CCNC(=NCC1(CCOC)CCCC1)NCCOc1ccccc1.I. The van der Waals surface area contributed by atoms with Crippen molar-refractivity contribution >= 4 is 29.9 Å². The van der Waals surface area contributed by atoms with E-state index in [1.807, 2.05) is 30.3 Å². The minimum absolute atomic E-state index is 0. The van der Waals surface area contributed by atoms with E-state index in [2.05, 4.69) is 17.6 Å². The van der Waals surface area contributed by atoms with Gasteiger partial charge < -0.3 is 20.1 Å². The summed E-state index contributed by atoms with van der Waals surface area (Å²) in [5.74, 6) is 1.78. The summed E-state index contributed by atoms with van der Waals surface area (Å²) in [6.07, 6.45) is 6.25. The summed E-state index contributed by atoms with van der Waals surface area (Å²) in [5, 5.41) is 6.70. The zero-order valence-corrected chi connectivity index (χ0v) is 18.5. The van der Waals surface area contributed by atoms with Gasteiger partial charge in [-0.3, -0.25) is 4.99 Å². The molecule has 0 unspecified atom stereocenters. The van der Waals surface area contributed by atoms with Crippen molar-refractivity contribution in [2.45, 2.75) is 39.0 Å². The van der Waals surface area contributed by atoms with E-state index in [4.69, 9.17) is 14.5 Å². The van der Waals surface area contributed by atoms with Gasteiger partial charge in [-0.2, -0.15) is 0 Å². The average molecular weight is 475 g/mol. The third-order valence-electron chi connectivity index (χ3n) is 4.82. The summed E-state index contributed by atoms with van der Waals surface area (Å²) >= 11 is 0. The molecule has 148 valence electrons. The molecule has 0 aromatic heterocycles. The van der Waals surface area contributed by atoms with Crippen molar-refractivity contribution in [3.63, 3.8) is 0 Å². The van der Waals surface area contributed by atoms with Crippen molar-refractivity contribution in [1.29, 1.82) is 0 Å². The first-order chi connectivity index (χ1) is 12.3. The highest BCUT2D eigenvalue weighted by molar-refractivity contribution is 14.0. The van der Waals surface area contributed by atoms with Crippen molar-refractivity contribution in [3.05, 3.63) is 30.3 Å². The van der Waals surface area contributed by atoms with E-state index in [1.165, 1.54) is 25.7 Å². The van der Waals surface area contributed by atoms with Crippen LogP contribution in [0.2, 0.25) is 0 Å². The third-order valence-corrected chi connectivity index (χ3v) is 4.82. The number of guanidine groups is 1. The van der Waals surface area contributed by atoms with Crippen molar-refractivity contribution in [1.82, 2.24) is 10.6 Å². The molecule has 26 heavy (non-hydrogen) atoms. The minimum atomic E-state index is 0. The van der Waals surface area contributed by atoms with Gasteiger partial charge in [0.25, 0.3) is 0 Å². The van der Waals surface area contributed by atoms with Crippen LogP contribution >= 0.6 is 24.0 Å². The number of para-hydroxylation sites is 1. The fraction of sp³-hybridized carbons (Fsp3) is 0.650. The Labute approximate surface area is 175 Å². The van der Waals surface area contributed by atoms with Crippen LogP contribution in [0.25, 0.3) is 0 Å². The predicted molar refractivity (Wildman–Crippen MR) is 119 cm³/mol. The molecule has 2 N–H and O–H groups in total. The fourth-order valence-electron chi connectivity index (χ4n) is 3.37. The standard InChI is InChI=1S/C20H33N3O2.HI/c1-3-21-19(22-14-16-25-18-9-5-4-6-10-18)23-17-20(13-15-24-2)11-7-8-12-20;/h4-6,9-10H,3,7-8,11-17H2,1-2H3,(H2,21,22,23);1H. The summed E-state index contributed by atoms with van der Waals surface area (Å²) in [5.41, 5.74) is 0.318. The van der Waals surface area contributed by atoms with Crippen LogP contribution in [0.15, 0.2) is 35.3 Å². The van der Waals surface area contributed by atoms with Gasteiger partial charge in [0.15, 0.2) is 5.96 Å². The number of aliphatic imine (C=N–C) groups is 1. The van der Waals surface area contributed by atoms with Crippen LogP contribution in [0.5, 0.6) is 5.75 Å². The average Bonchev–Trinajstić information content (AvgIpc) is 3.11. The number of benzene rings is 1. The lowest BCUT2D eigenvalue weighted by Crippen LogP contribution is -2.40. The van der Waals surface area contributed by atoms with Crippen molar-refractivity contribution in [3.8, 4) is 5.75 Å². The van der Waals surface area contributed by atoms with Gasteiger partial charge in [-0.15, -0.1) is 24.0 Å². The summed E-state index contributed by atoms with van der Waals surface area (Å²) in [6, 6.07) is 9.89. The molecule has 1 fully saturated rings. The number of nitrogens with zero attached hydrogens (tertiary/aromatic N) is 1. The molecule has 0 saturated heterocycles. The van der Waals surface area contributed by atoms with Crippen molar-refractivity contribution in [2.24, 2.45) is 10.4 Å². The Kier molecular flexibility index (Phi) is 11.7. The summed E-state index contributed by atoms with van der Waals surface area (Å²) in [4.78, 5) is 4.85. The zero-order chi connectivity index (χ0) is 17.8. The first kappa shape index (κ1) is 23.0. The lowest BCUT2D eigenvalue weighted by atomic mass is 9.83. The van der Waals surface area contributed by atoms with Crippen LogP contribution in [0.1, 0.15) is 39.0 Å². The Balaban J connectivity index is 0.00000338. The van der Waals surface area contributed by atoms with Crippen LogP contribution in [0, 0.1) is 5.41 Å². The Morgan fingerprint density at radius 1 is 1.12 bits per heavy atom. The van der Waals surface area contributed by atoms with E-state index in [0.29, 0.717) is 12.0 Å². The minimum Gasteiger partial charge on any atom is -0.492 e. The van der Waals surface area contributed by atoms with Crippen molar-refractivity contribution < 1.29 is 9.47 Å². The molecule has 1 aliphatic rings. The highest BCUT2D eigenvalue weighted by Gasteiger charge is 2.33. The van der Waals surface area contributed by atoms with Gasteiger partial charge in [-0.1, -0.05) is 31.0 Å². The number of rotatable bonds is 10. The molecule has 1 aliphatic carbocycles. The Bertz CT molecular complexity index is 505. The second-order valence-electron chi connectivity index (χ2n) is 6.73. The maximum absolute atomic E-state index is 5.72. The highest BCUT2D eigenvalue weighted by atomic mass is 127. The van der Waals surface area contributed by atoms with Crippen LogP contribution < -0.4 is 15.4 Å². The predicted octanol–water partition coefficient (Wildman–Crippen LogP) is 3.84. The molecule has 0 radical (unpaired) electrons. The molecule has 1 aromatic rings. The van der Waals surface area contributed by atoms with Crippen LogP contribution in [-0.2, 0) is 4.74 Å². The second-order valence-corrected chi connectivity index (χ2v) is 6.73. The van der Waals surface area contributed by atoms with Crippen LogP contribution in [0.4, 0.5) is 0 Å². The van der Waals surface area contributed by atoms with Crippen LogP contribution in [0.3, 0.4) is 0 Å². The zero-order valence-electron chi connectivity index (χ0n) is 16.1. The molecular weight excluding hydrogens is 441 g/mol. The van der Waals surface area contributed by atoms with E-state index >= 15 is 0 Å². The molecule has 0 heterocycles. The molecule has 6 heteroatoms. The normalized spacial score (nSPS) is 16.0. The Morgan fingerprint density at radius 3 is 2.50 bits per heavy atom. The van der Waals surface area contributed by atoms with Gasteiger partial charge in [0.05, 0.1) is 6.54 Å². The first-order valence-corrected chi connectivity index (χ1v) is 9.47. The van der Waals surface area contributed by atoms with Gasteiger partial charge in [-0.25, -0.2) is 0 Å². The third kappa shape index (κ3) is 8.12. The maximum atomic E-state index is 5.72. The number of methoxy groups -OCH3 is 1. The van der Waals surface area contributed by atoms with E-state index in [-0.39, 0.29) is 24.0 Å². The van der Waals surface area contributed by atoms with Gasteiger partial charge in [-0.05, 0) is 43.7 Å². The number of halogens is 1. The molecule has 0 atom stereocenters. The molecule has 0 amide bonds. The quantitative estimate of drug-likeness (QED) is 0.234. The number of ether oxygens (including phenoxy) is 2. The number of hydrogen-bond acceptors (Lipinski definition) is 3. The molecule has 2 rings (SSSR count). The van der Waals surface area contributed by atoms with E-state index in [1.54, 1.807) is 7.11 Å². The van der Waals surface area contributed by atoms with Crippen LogP contribution in [-0.4, -0.2) is 45.9 Å². The topological polar surface area (TPSA) is 54.9 Å². The van der Waals surface area contributed by atoms with Gasteiger partial charge in [0.2, 0.25) is 0 Å². The van der Waals surface area contributed by atoms with E-state index in [9.17, 15) is 0 Å². The van der Waals surface area contributed by atoms with Crippen molar-refractivity contribution in [2.75, 3.05) is 40.0 Å². The molecule has 0 aliphatic heterocycles. The highest BCUT2D eigenvalue weighted by Crippen LogP contribution is 2.41. The lowest BCUT2D eigenvalue weighted by molar-refractivity contribution is 0.141. The van der Waals surface area contributed by atoms with Gasteiger partial charge >= 0.3 is 0 Å². The van der Waals surface area contributed by atoms with Gasteiger partial charge in [0.1, 0.15) is 12.4 Å². The Hall–Kier alpha value is -1.02. The lowest BCUT2D eigenvalue weighted by Gasteiger charge is -2.27. The van der Waals surface area contributed by atoms with Gasteiger partial charge in [0, 0.05) is 26.8 Å². The smallest absolute Gasteiger partial charge is 0.191 e. The monoisotopic (exact) mass is 475 g/mol. The molecule has 1 saturated carbocycles. The molecule has 0 spiro atoms. The largest absolute Gasteiger partial charge is 0.492 e. The maximum Gasteiger partial charge on any atom is 0.191 e. The Morgan fingerprint density at radius 2 is 1.85 bits per heavy atom. The second kappa shape index (κ2) is 13.2.